The predicted octanol–water partition coefficient (Wildman–Crippen LogP) is 3.20. The van der Waals surface area contributed by atoms with Crippen LogP contribution in [0.4, 0.5) is 17.3 Å². The molecule has 0 radical (unpaired) electrons. The number of nitro benzene ring substituents is 1. The van der Waals surface area contributed by atoms with Crippen LogP contribution in [0, 0.1) is 10.1 Å². The summed E-state index contributed by atoms with van der Waals surface area (Å²) in [5.74, 6) is 1.37. The summed E-state index contributed by atoms with van der Waals surface area (Å²) in [5.41, 5.74) is 1.23. The van der Waals surface area contributed by atoms with Crippen molar-refractivity contribution in [3.8, 4) is 17.1 Å². The van der Waals surface area contributed by atoms with Gasteiger partial charge in [-0.3, -0.25) is 10.1 Å². The average molecular weight is 323 g/mol. The van der Waals surface area contributed by atoms with Gasteiger partial charge < -0.3 is 10.1 Å². The Morgan fingerprint density at radius 2 is 1.96 bits per heavy atom. The molecule has 1 heterocycles. The first-order valence-corrected chi connectivity index (χ1v) is 7.01. The summed E-state index contributed by atoms with van der Waals surface area (Å²) >= 11 is 0. The Hall–Kier alpha value is -3.55. The zero-order valence-electron chi connectivity index (χ0n) is 12.7. The van der Waals surface area contributed by atoms with Crippen molar-refractivity contribution < 1.29 is 9.66 Å². The molecule has 8 heteroatoms. The summed E-state index contributed by atoms with van der Waals surface area (Å²) < 4.78 is 5.30. The molecule has 0 aliphatic heterocycles. The van der Waals surface area contributed by atoms with Gasteiger partial charge in [0.2, 0.25) is 5.95 Å². The van der Waals surface area contributed by atoms with E-state index in [0.717, 1.165) is 5.56 Å². The standard InChI is InChI=1S/C16H13N5O3/c1-24-14-8-3-2-7-13(14)15-17-10-18-16(20-15)19-11-5-4-6-12(9-11)21(22)23/h2-10H,1H3,(H,17,18,19,20). The fourth-order valence-electron chi connectivity index (χ4n) is 2.14. The van der Waals surface area contributed by atoms with Crippen LogP contribution in [0.25, 0.3) is 11.4 Å². The molecular formula is C16H13N5O3. The van der Waals surface area contributed by atoms with Crippen LogP contribution < -0.4 is 10.1 Å². The van der Waals surface area contributed by atoms with Gasteiger partial charge in [-0.2, -0.15) is 4.98 Å². The Bertz CT molecular complexity index is 885. The molecule has 24 heavy (non-hydrogen) atoms. The topological polar surface area (TPSA) is 103 Å². The third-order valence-corrected chi connectivity index (χ3v) is 3.23. The monoisotopic (exact) mass is 323 g/mol. The average Bonchev–Trinajstić information content (AvgIpc) is 2.62. The Balaban J connectivity index is 1.91. The number of nitro groups is 1. The maximum atomic E-state index is 10.8. The molecule has 0 atom stereocenters. The number of anilines is 2. The van der Waals surface area contributed by atoms with E-state index in [1.807, 2.05) is 24.3 Å². The number of nitrogens with one attached hydrogen (secondary N) is 1. The van der Waals surface area contributed by atoms with Gasteiger partial charge in [0.15, 0.2) is 5.82 Å². The maximum Gasteiger partial charge on any atom is 0.271 e. The molecule has 0 unspecified atom stereocenters. The van der Waals surface area contributed by atoms with Gasteiger partial charge in [0.1, 0.15) is 12.1 Å². The first kappa shape index (κ1) is 15.3. The molecule has 0 aliphatic carbocycles. The molecule has 0 fully saturated rings. The molecule has 0 spiro atoms. The zero-order valence-corrected chi connectivity index (χ0v) is 12.7. The van der Waals surface area contributed by atoms with Gasteiger partial charge >= 0.3 is 0 Å². The van der Waals surface area contributed by atoms with Crippen LogP contribution in [-0.2, 0) is 0 Å². The fraction of sp³-hybridized carbons (Fsp3) is 0.0625. The van der Waals surface area contributed by atoms with Crippen LogP contribution in [0.2, 0.25) is 0 Å². The summed E-state index contributed by atoms with van der Waals surface area (Å²) in [4.78, 5) is 22.9. The summed E-state index contributed by atoms with van der Waals surface area (Å²) in [6.45, 7) is 0. The van der Waals surface area contributed by atoms with Crippen molar-refractivity contribution in [3.63, 3.8) is 0 Å². The number of para-hydroxylation sites is 1. The minimum Gasteiger partial charge on any atom is -0.496 e. The van der Waals surface area contributed by atoms with Crippen LogP contribution in [-0.4, -0.2) is 27.0 Å². The van der Waals surface area contributed by atoms with E-state index in [-0.39, 0.29) is 11.6 Å². The molecule has 120 valence electrons. The second-order valence-electron chi connectivity index (χ2n) is 4.77. The van der Waals surface area contributed by atoms with E-state index in [9.17, 15) is 10.1 Å². The van der Waals surface area contributed by atoms with E-state index < -0.39 is 4.92 Å². The van der Waals surface area contributed by atoms with E-state index in [1.54, 1.807) is 19.2 Å². The Labute approximate surface area is 137 Å². The highest BCUT2D eigenvalue weighted by molar-refractivity contribution is 5.65. The lowest BCUT2D eigenvalue weighted by Crippen LogP contribution is -2.01. The predicted molar refractivity (Wildman–Crippen MR) is 88.2 cm³/mol. The highest BCUT2D eigenvalue weighted by Crippen LogP contribution is 2.27. The molecule has 8 nitrogen and oxygen atoms in total. The second kappa shape index (κ2) is 6.69. The molecule has 0 bridgehead atoms. The van der Waals surface area contributed by atoms with E-state index in [4.69, 9.17) is 4.74 Å². The van der Waals surface area contributed by atoms with Crippen molar-refractivity contribution in [3.05, 3.63) is 65.0 Å². The van der Waals surface area contributed by atoms with Gasteiger partial charge in [0.05, 0.1) is 17.6 Å². The lowest BCUT2D eigenvalue weighted by Gasteiger charge is -2.08. The van der Waals surface area contributed by atoms with E-state index in [0.29, 0.717) is 17.3 Å². The van der Waals surface area contributed by atoms with E-state index >= 15 is 0 Å². The molecule has 3 aromatic rings. The number of ether oxygens (including phenoxy) is 1. The fourth-order valence-corrected chi connectivity index (χ4v) is 2.14. The Kier molecular flexibility index (Phi) is 4.28. The number of hydrogen-bond acceptors (Lipinski definition) is 7. The van der Waals surface area contributed by atoms with Gasteiger partial charge in [0, 0.05) is 17.8 Å². The van der Waals surface area contributed by atoms with Gasteiger partial charge in [-0.05, 0) is 18.2 Å². The quantitative estimate of drug-likeness (QED) is 0.568. The lowest BCUT2D eigenvalue weighted by atomic mass is 10.2. The summed E-state index contributed by atoms with van der Waals surface area (Å²) in [6.07, 6.45) is 1.37. The van der Waals surface area contributed by atoms with Crippen molar-refractivity contribution >= 4 is 17.3 Å². The largest absolute Gasteiger partial charge is 0.496 e. The number of non-ortho nitro benzene ring substituents is 1. The van der Waals surface area contributed by atoms with Crippen molar-refractivity contribution in [2.24, 2.45) is 0 Å². The SMILES string of the molecule is COc1ccccc1-c1ncnc(Nc2cccc([N+](=O)[O-])c2)n1. The van der Waals surface area contributed by atoms with Crippen LogP contribution in [0.15, 0.2) is 54.9 Å². The van der Waals surface area contributed by atoms with Crippen molar-refractivity contribution in [2.45, 2.75) is 0 Å². The van der Waals surface area contributed by atoms with Crippen molar-refractivity contribution in [1.29, 1.82) is 0 Å². The number of methoxy groups -OCH3 is 1. The third-order valence-electron chi connectivity index (χ3n) is 3.23. The maximum absolute atomic E-state index is 10.8. The molecular weight excluding hydrogens is 310 g/mol. The van der Waals surface area contributed by atoms with Gasteiger partial charge in [-0.25, -0.2) is 9.97 Å². The number of aromatic nitrogens is 3. The zero-order chi connectivity index (χ0) is 16.9. The van der Waals surface area contributed by atoms with Crippen molar-refractivity contribution in [2.75, 3.05) is 12.4 Å². The van der Waals surface area contributed by atoms with Crippen molar-refractivity contribution in [1.82, 2.24) is 15.0 Å². The van der Waals surface area contributed by atoms with E-state index in [2.05, 4.69) is 20.3 Å². The first-order chi connectivity index (χ1) is 11.7. The summed E-state index contributed by atoms with van der Waals surface area (Å²) in [5, 5.41) is 13.8. The lowest BCUT2D eigenvalue weighted by molar-refractivity contribution is -0.384. The molecule has 1 N–H and O–H groups in total. The van der Waals surface area contributed by atoms with Gasteiger partial charge in [-0.15, -0.1) is 0 Å². The number of hydrogen-bond donors (Lipinski definition) is 1. The number of rotatable bonds is 5. The third kappa shape index (κ3) is 3.27. The van der Waals surface area contributed by atoms with Crippen LogP contribution in [0.5, 0.6) is 5.75 Å². The molecule has 0 saturated heterocycles. The Morgan fingerprint density at radius 1 is 1.12 bits per heavy atom. The minimum absolute atomic E-state index is 0.0148. The smallest absolute Gasteiger partial charge is 0.271 e. The first-order valence-electron chi connectivity index (χ1n) is 7.01. The van der Waals surface area contributed by atoms with Gasteiger partial charge in [0.25, 0.3) is 5.69 Å². The molecule has 0 amide bonds. The molecule has 2 aromatic carbocycles. The normalized spacial score (nSPS) is 10.2. The Morgan fingerprint density at radius 3 is 2.75 bits per heavy atom. The van der Waals surface area contributed by atoms with Crippen LogP contribution >= 0.6 is 0 Å². The highest BCUT2D eigenvalue weighted by atomic mass is 16.6. The molecule has 3 rings (SSSR count). The summed E-state index contributed by atoms with van der Waals surface area (Å²) in [7, 11) is 1.57. The molecule has 0 aliphatic rings. The van der Waals surface area contributed by atoms with Crippen LogP contribution in [0.1, 0.15) is 0 Å². The van der Waals surface area contributed by atoms with Crippen LogP contribution in [0.3, 0.4) is 0 Å². The highest BCUT2D eigenvalue weighted by Gasteiger charge is 2.10. The van der Waals surface area contributed by atoms with Gasteiger partial charge in [-0.1, -0.05) is 18.2 Å². The molecule has 0 saturated carbocycles. The molecule has 1 aromatic heterocycles. The minimum atomic E-state index is -0.459. The second-order valence-corrected chi connectivity index (χ2v) is 4.77. The number of nitrogens with zero attached hydrogens (tertiary/aromatic N) is 4. The number of benzene rings is 2. The summed E-state index contributed by atoms with van der Waals surface area (Å²) in [6, 6.07) is 13.5. The van der Waals surface area contributed by atoms with E-state index in [1.165, 1.54) is 18.5 Å².